The van der Waals surface area contributed by atoms with Gasteiger partial charge in [-0.25, -0.2) is 0 Å². The number of carbonyl (C=O) groups excluding carboxylic acids is 10. The number of nitrogens with two attached hydrogens (primary N) is 1. The predicted molar refractivity (Wildman–Crippen MR) is 322 cm³/mol. The molecule has 2 aliphatic rings. The summed E-state index contributed by atoms with van der Waals surface area (Å²) in [6, 6.07) is 0. The van der Waals surface area contributed by atoms with Gasteiger partial charge in [-0.15, -0.1) is 0 Å². The van der Waals surface area contributed by atoms with E-state index in [9.17, 15) is 47.9 Å². The van der Waals surface area contributed by atoms with Gasteiger partial charge in [0.2, 0.25) is 23.6 Å². The zero-order valence-electron chi connectivity index (χ0n) is 41.0. The first-order valence-electron chi connectivity index (χ1n) is 23.1. The monoisotopic (exact) mass is 1240 g/mol. The Morgan fingerprint density at radius 1 is 0.506 bits per heavy atom. The van der Waals surface area contributed by atoms with Gasteiger partial charge in [0.15, 0.2) is 11.0 Å². The summed E-state index contributed by atoms with van der Waals surface area (Å²) in [5.74, 6) is -2.71. The fraction of sp³-hybridized carbons (Fsp3) is 0.708. The lowest BCUT2D eigenvalue weighted by Crippen LogP contribution is -2.35. The Bertz CT molecular complexity index is 1670. The Morgan fingerprint density at radius 3 is 1.09 bits per heavy atom. The van der Waals surface area contributed by atoms with Gasteiger partial charge in [-0.3, -0.25) is 57.7 Å². The van der Waals surface area contributed by atoms with Gasteiger partial charge in [-0.1, -0.05) is 70.7 Å². The van der Waals surface area contributed by atoms with E-state index in [0.717, 1.165) is 75.4 Å². The van der Waals surface area contributed by atoms with Crippen molar-refractivity contribution in [2.75, 3.05) is 98.7 Å². The number of carbonyl (C=O) groups is 10. The smallest absolute Gasteiger partial charge is 0.253 e. The molecule has 0 fully saturated rings. The van der Waals surface area contributed by atoms with Crippen LogP contribution in [0, 0.1) is 11.8 Å². The lowest BCUT2D eigenvalue weighted by Gasteiger charge is -2.13. The number of amides is 8. The van der Waals surface area contributed by atoms with Crippen molar-refractivity contribution in [3.63, 3.8) is 0 Å². The van der Waals surface area contributed by atoms with E-state index < -0.39 is 23.6 Å². The Kier molecular flexibility index (Phi) is 68.9. The van der Waals surface area contributed by atoms with Crippen LogP contribution in [-0.2, 0) is 114 Å². The van der Waals surface area contributed by atoms with Crippen molar-refractivity contribution in [3.8, 4) is 0 Å². The van der Waals surface area contributed by atoms with Crippen LogP contribution in [0.25, 0.3) is 0 Å². The Hall–Kier alpha value is -3.14. The van der Waals surface area contributed by atoms with E-state index in [1.807, 2.05) is 13.8 Å². The fourth-order valence-corrected chi connectivity index (χ4v) is 7.03. The van der Waals surface area contributed by atoms with Gasteiger partial charge in [0.25, 0.3) is 23.6 Å². The first-order valence-corrected chi connectivity index (χ1v) is 31.4. The Balaban J connectivity index is -0.000000211. The SMILES string of the molecule is C.C.C.C.C.CCCN.C[C@@H](CCCCNC(=O)COCCOCCNC(=O)CCN1C(=O)C=CC1=O)C(=O)P=S.C[C@@H](CCCCNC(=O)COCCOCCNC(=O)CCN1C(=O)C=CC1=O)C(=O)P=S.S=PP=S. The molecule has 0 aromatic carbocycles. The van der Waals surface area contributed by atoms with Crippen LogP contribution in [0.15, 0.2) is 24.3 Å². The van der Waals surface area contributed by atoms with Gasteiger partial charge >= 0.3 is 0 Å². The maximum atomic E-state index is 11.7. The average Bonchev–Trinajstić information content (AvgIpc) is 3.88. The minimum atomic E-state index is -0.411. The molecule has 0 spiro atoms. The van der Waals surface area contributed by atoms with Crippen LogP contribution >= 0.6 is 28.8 Å². The van der Waals surface area contributed by atoms with Crippen molar-refractivity contribution in [3.05, 3.63) is 24.3 Å². The second kappa shape index (κ2) is 60.5. The largest absolute Gasteiger partial charge is 0.377 e. The molecule has 0 saturated carbocycles. The van der Waals surface area contributed by atoms with Gasteiger partial charge in [0.1, 0.15) is 13.2 Å². The van der Waals surface area contributed by atoms with E-state index in [1.54, 1.807) is 0 Å². The van der Waals surface area contributed by atoms with Gasteiger partial charge in [0.05, 0.1) is 54.4 Å². The van der Waals surface area contributed by atoms with Gasteiger partial charge in [-0.05, 0) is 85.9 Å². The Morgan fingerprint density at radius 2 is 0.805 bits per heavy atom. The minimum Gasteiger partial charge on any atom is -0.377 e. The van der Waals surface area contributed by atoms with Gasteiger partial charge < -0.3 is 45.9 Å². The number of hydrogen-bond donors (Lipinski definition) is 5. The molecule has 29 heteroatoms. The molecule has 0 bridgehead atoms. The third kappa shape index (κ3) is 50.8. The second-order valence-corrected chi connectivity index (χ2v) is 21.7. The van der Waals surface area contributed by atoms with Crippen LogP contribution in [0.4, 0.5) is 0 Å². The highest BCUT2D eigenvalue weighted by Gasteiger charge is 2.24. The van der Waals surface area contributed by atoms with Crippen LogP contribution in [0.1, 0.15) is 116 Å². The summed E-state index contributed by atoms with van der Waals surface area (Å²) in [5.41, 5.74) is 5.15. The third-order valence-electron chi connectivity index (χ3n) is 9.39. The lowest BCUT2D eigenvalue weighted by molar-refractivity contribution is -0.139. The van der Waals surface area contributed by atoms with Crippen molar-refractivity contribution in [1.29, 1.82) is 0 Å². The molecule has 21 nitrogen and oxygen atoms in total. The molecular weight excluding hydrogens is 1150 g/mol. The topological polar surface area (TPSA) is 288 Å². The summed E-state index contributed by atoms with van der Waals surface area (Å²) in [6.45, 7) is 9.79. The average molecular weight is 1240 g/mol. The number of ether oxygens (including phenoxy) is 4. The van der Waals surface area contributed by atoms with Crippen LogP contribution < -0.4 is 27.0 Å². The van der Waals surface area contributed by atoms with E-state index in [1.165, 1.54) is 24.3 Å². The third-order valence-corrected chi connectivity index (χ3v) is 14.4. The molecule has 6 N–H and O–H groups in total. The van der Waals surface area contributed by atoms with E-state index in [-0.39, 0.29) is 176 Å². The highest BCUT2D eigenvalue weighted by Crippen LogP contribution is 2.16. The van der Waals surface area contributed by atoms with E-state index in [2.05, 4.69) is 51.8 Å². The first kappa shape index (κ1) is 87.7. The maximum absolute atomic E-state index is 11.7. The Labute approximate surface area is 485 Å². The molecule has 2 heterocycles. The molecule has 8 amide bonds. The summed E-state index contributed by atoms with van der Waals surface area (Å²) < 4.78 is 21.1. The molecule has 0 unspecified atom stereocenters. The summed E-state index contributed by atoms with van der Waals surface area (Å²) >= 11 is 18.2. The van der Waals surface area contributed by atoms with E-state index in [4.69, 9.17) is 48.3 Å². The number of imide groups is 2. The first-order chi connectivity index (χ1) is 34.5. The standard InChI is InChI=1S/2C20H30N3O7PS.C3H9N.5CH4.P2S2/c2*1-15(20(28)31-32)4-2-3-8-21-17(25)14-30-13-12-29-11-9-22-16(24)7-10-23-18(26)5-6-19(23)27;1-2-3-4;;;;;;3-1-2-4/h2*5-6,15H,2-4,7-14H2,1H3,(H,21,25)(H,22,24);2-4H2,1H3;5*1H4;/t2*15-;;;;;;;/m00......./s1. The lowest BCUT2D eigenvalue weighted by atomic mass is 10.1. The number of unbranched alkanes of at least 4 members (excludes halogenated alkanes) is 2. The second-order valence-electron chi connectivity index (χ2n) is 15.2. The number of rotatable bonds is 38. The van der Waals surface area contributed by atoms with Gasteiger partial charge in [0, 0.05) is 102 Å². The molecule has 0 aromatic heterocycles. The zero-order chi connectivity index (χ0) is 54.4. The van der Waals surface area contributed by atoms with Crippen molar-refractivity contribution in [2.24, 2.45) is 17.6 Å². The summed E-state index contributed by atoms with van der Waals surface area (Å²) in [4.78, 5) is 117. The number of hydrogen-bond acceptors (Lipinski definition) is 19. The van der Waals surface area contributed by atoms with Crippen molar-refractivity contribution in [1.82, 2.24) is 31.1 Å². The van der Waals surface area contributed by atoms with E-state index in [0.29, 0.717) is 27.8 Å². The quantitative estimate of drug-likeness (QED) is 0.0274. The van der Waals surface area contributed by atoms with Crippen molar-refractivity contribution in [2.45, 2.75) is 116 Å². The van der Waals surface area contributed by atoms with Crippen LogP contribution in [0.2, 0.25) is 0 Å². The number of nitrogens with zero attached hydrogens (tertiary/aromatic N) is 2. The summed E-state index contributed by atoms with van der Waals surface area (Å²) in [7, 11) is 2.49. The van der Waals surface area contributed by atoms with Crippen LogP contribution in [0.5, 0.6) is 0 Å². The zero-order valence-corrected chi connectivity index (χ0v) is 47.9. The normalized spacial score (nSPS) is 12.6. The van der Waals surface area contributed by atoms with Crippen molar-refractivity contribution < 1.29 is 66.9 Å². The molecule has 2 atom stereocenters. The highest BCUT2D eigenvalue weighted by atomic mass is 32.7. The molecule has 0 radical (unpaired) electrons. The molecule has 2 aliphatic heterocycles. The molecule has 0 aromatic rings. The fourth-order valence-electron chi connectivity index (χ4n) is 5.34. The molecule has 444 valence electrons. The highest BCUT2D eigenvalue weighted by molar-refractivity contribution is 8.40. The molecule has 2 rings (SSSR count). The number of nitrogens with one attached hydrogen (secondary N) is 4. The molecular formula is C48H89N7O14P4S4. The maximum Gasteiger partial charge on any atom is 0.253 e. The minimum absolute atomic E-state index is 0. The molecule has 0 aliphatic carbocycles. The molecule has 0 saturated heterocycles. The van der Waals surface area contributed by atoms with Gasteiger partial charge in [-0.2, -0.15) is 0 Å². The molecule has 77 heavy (non-hydrogen) atoms. The summed E-state index contributed by atoms with van der Waals surface area (Å²) in [6.07, 6.45) is 10.7. The summed E-state index contributed by atoms with van der Waals surface area (Å²) in [5, 5.41) is 10.8. The van der Waals surface area contributed by atoms with Crippen LogP contribution in [-0.4, -0.2) is 167 Å². The van der Waals surface area contributed by atoms with Crippen LogP contribution in [0.3, 0.4) is 0 Å². The van der Waals surface area contributed by atoms with Crippen molar-refractivity contribution >= 4 is 134 Å². The van der Waals surface area contributed by atoms with E-state index >= 15 is 0 Å². The predicted octanol–water partition coefficient (Wildman–Crippen LogP) is 5.87.